The summed E-state index contributed by atoms with van der Waals surface area (Å²) in [5, 5.41) is 7.69. The van der Waals surface area contributed by atoms with Crippen molar-refractivity contribution in [3.8, 4) is 34.4 Å². The summed E-state index contributed by atoms with van der Waals surface area (Å²) in [6.07, 6.45) is 3.76. The Balaban J connectivity index is 1.56. The standard InChI is InChI=1S/C28H14N2/c1-2-14-29-25(9-1)28-22-13-12-20(22)24(16-30-28)23-15-19-7-3-5-17-10-11-18-6-4-8-21(23)27(18)26(17)19/h1-11,14-16H. The first-order valence-electron chi connectivity index (χ1n) is 10.0. The van der Waals surface area contributed by atoms with Crippen LogP contribution >= 0.6 is 0 Å². The first kappa shape index (κ1) is 15.7. The van der Waals surface area contributed by atoms with E-state index in [1.165, 1.54) is 37.9 Å². The van der Waals surface area contributed by atoms with E-state index in [-0.39, 0.29) is 0 Å². The van der Waals surface area contributed by atoms with Crippen LogP contribution in [-0.4, -0.2) is 9.97 Å². The molecule has 0 amide bonds. The summed E-state index contributed by atoms with van der Waals surface area (Å²) in [6.45, 7) is 0. The molecule has 1 aliphatic rings. The highest BCUT2D eigenvalue weighted by atomic mass is 14.8. The SMILES string of the molecule is C1#Cc2c(-c3ccccn3)ncc(-c3cc4cccc5ccc6cccc3c6c54)c21. The molecule has 2 nitrogen and oxygen atoms in total. The summed E-state index contributed by atoms with van der Waals surface area (Å²) in [6, 6.07) is 25.7. The van der Waals surface area contributed by atoms with Crippen molar-refractivity contribution in [1.29, 1.82) is 0 Å². The largest absolute Gasteiger partial charge is 0.255 e. The molecule has 0 radical (unpaired) electrons. The second-order valence-corrected chi connectivity index (χ2v) is 7.71. The van der Waals surface area contributed by atoms with Gasteiger partial charge in [-0.2, -0.15) is 0 Å². The average molecular weight is 378 g/mol. The third kappa shape index (κ3) is 1.99. The molecule has 0 saturated carbocycles. The molecule has 0 N–H and O–H groups in total. The summed E-state index contributed by atoms with van der Waals surface area (Å²) in [7, 11) is 0. The number of hydrogen-bond donors (Lipinski definition) is 0. The molecule has 0 saturated heterocycles. The number of hydrogen-bond acceptors (Lipinski definition) is 2. The van der Waals surface area contributed by atoms with Crippen LogP contribution in [0.15, 0.2) is 85.2 Å². The fourth-order valence-corrected chi connectivity index (χ4v) is 4.71. The van der Waals surface area contributed by atoms with Gasteiger partial charge in [-0.3, -0.25) is 9.97 Å². The summed E-state index contributed by atoms with van der Waals surface area (Å²) in [5.74, 6) is 6.51. The molecule has 0 bridgehead atoms. The van der Waals surface area contributed by atoms with E-state index in [1.807, 2.05) is 24.4 Å². The Bertz CT molecular complexity index is 1690. The molecule has 2 heteroatoms. The fraction of sp³-hybridized carbons (Fsp3) is 0. The van der Waals surface area contributed by atoms with Crippen molar-refractivity contribution >= 4 is 32.3 Å². The third-order valence-electron chi connectivity index (χ3n) is 6.10. The van der Waals surface area contributed by atoms with Crippen LogP contribution in [0.25, 0.3) is 54.8 Å². The van der Waals surface area contributed by atoms with Crippen molar-refractivity contribution in [2.24, 2.45) is 0 Å². The Morgan fingerprint density at radius 1 is 0.600 bits per heavy atom. The van der Waals surface area contributed by atoms with Gasteiger partial charge in [0.2, 0.25) is 0 Å². The van der Waals surface area contributed by atoms with Gasteiger partial charge in [-0.05, 0) is 56.1 Å². The lowest BCUT2D eigenvalue weighted by molar-refractivity contribution is 1.23. The Kier molecular flexibility index (Phi) is 2.95. The maximum absolute atomic E-state index is 4.80. The van der Waals surface area contributed by atoms with Gasteiger partial charge in [-0.25, -0.2) is 0 Å². The van der Waals surface area contributed by atoms with E-state index in [0.717, 1.165) is 28.1 Å². The molecule has 136 valence electrons. The molecule has 0 atom stereocenters. The van der Waals surface area contributed by atoms with Gasteiger partial charge in [0.05, 0.1) is 16.8 Å². The van der Waals surface area contributed by atoms with Crippen LogP contribution < -0.4 is 0 Å². The van der Waals surface area contributed by atoms with Crippen LogP contribution in [0.5, 0.6) is 0 Å². The lowest BCUT2D eigenvalue weighted by Gasteiger charge is -2.19. The molecule has 6 aromatic rings. The Labute approximate surface area is 173 Å². The third-order valence-corrected chi connectivity index (χ3v) is 6.10. The van der Waals surface area contributed by atoms with E-state index >= 15 is 0 Å². The van der Waals surface area contributed by atoms with Gasteiger partial charge >= 0.3 is 0 Å². The summed E-state index contributed by atoms with van der Waals surface area (Å²) >= 11 is 0. The number of fused-ring (bicyclic) bond motifs is 1. The molecule has 2 aromatic heterocycles. The number of benzene rings is 4. The van der Waals surface area contributed by atoms with Crippen molar-refractivity contribution in [1.82, 2.24) is 9.97 Å². The minimum atomic E-state index is 0.865. The Morgan fingerprint density at radius 2 is 1.40 bits per heavy atom. The van der Waals surface area contributed by atoms with Crippen molar-refractivity contribution < 1.29 is 0 Å². The van der Waals surface area contributed by atoms with Crippen molar-refractivity contribution in [3.63, 3.8) is 0 Å². The molecule has 0 fully saturated rings. The van der Waals surface area contributed by atoms with Crippen LogP contribution in [0.3, 0.4) is 0 Å². The monoisotopic (exact) mass is 378 g/mol. The van der Waals surface area contributed by atoms with Gasteiger partial charge in [0, 0.05) is 18.0 Å². The second kappa shape index (κ2) is 5.65. The first-order valence-corrected chi connectivity index (χ1v) is 10.0. The highest BCUT2D eigenvalue weighted by molar-refractivity contribution is 6.26. The maximum Gasteiger partial charge on any atom is 0.106 e. The number of nitrogens with zero attached hydrogens (tertiary/aromatic N) is 2. The quantitative estimate of drug-likeness (QED) is 0.256. The lowest BCUT2D eigenvalue weighted by atomic mass is 9.85. The summed E-state index contributed by atoms with van der Waals surface area (Å²) < 4.78 is 0. The van der Waals surface area contributed by atoms with E-state index in [4.69, 9.17) is 4.98 Å². The summed E-state index contributed by atoms with van der Waals surface area (Å²) in [5.41, 5.74) is 6.09. The Morgan fingerprint density at radius 3 is 2.20 bits per heavy atom. The van der Waals surface area contributed by atoms with Gasteiger partial charge in [-0.1, -0.05) is 66.4 Å². The molecule has 1 aliphatic carbocycles. The topological polar surface area (TPSA) is 25.8 Å². The van der Waals surface area contributed by atoms with E-state index < -0.39 is 0 Å². The molecule has 0 spiro atoms. The zero-order valence-corrected chi connectivity index (χ0v) is 16.0. The van der Waals surface area contributed by atoms with Crippen molar-refractivity contribution in [2.75, 3.05) is 0 Å². The predicted molar refractivity (Wildman–Crippen MR) is 123 cm³/mol. The van der Waals surface area contributed by atoms with Gasteiger partial charge in [0.1, 0.15) is 5.69 Å². The zero-order valence-electron chi connectivity index (χ0n) is 16.0. The van der Waals surface area contributed by atoms with Crippen LogP contribution in [0.4, 0.5) is 0 Å². The molecule has 7 rings (SSSR count). The highest BCUT2D eigenvalue weighted by Gasteiger charge is 2.22. The Hall–Kier alpha value is -4.22. The van der Waals surface area contributed by atoms with Gasteiger partial charge in [0.15, 0.2) is 0 Å². The molecular formula is C28H14N2. The minimum absolute atomic E-state index is 0.865. The fourth-order valence-electron chi connectivity index (χ4n) is 4.71. The normalized spacial score (nSPS) is 12.0. The molecular weight excluding hydrogens is 364 g/mol. The molecule has 2 heterocycles. The van der Waals surface area contributed by atoms with Crippen LogP contribution in [-0.2, 0) is 0 Å². The minimum Gasteiger partial charge on any atom is -0.255 e. The first-order chi connectivity index (χ1) is 14.9. The maximum atomic E-state index is 4.80. The van der Waals surface area contributed by atoms with Gasteiger partial charge in [0.25, 0.3) is 0 Å². The van der Waals surface area contributed by atoms with Crippen molar-refractivity contribution in [3.05, 3.63) is 96.3 Å². The van der Waals surface area contributed by atoms with Gasteiger partial charge in [-0.15, -0.1) is 0 Å². The zero-order chi connectivity index (χ0) is 19.7. The van der Waals surface area contributed by atoms with Crippen LogP contribution in [0.2, 0.25) is 0 Å². The second-order valence-electron chi connectivity index (χ2n) is 7.71. The molecule has 30 heavy (non-hydrogen) atoms. The van der Waals surface area contributed by atoms with E-state index in [1.54, 1.807) is 6.20 Å². The highest BCUT2D eigenvalue weighted by Crippen LogP contribution is 2.42. The van der Waals surface area contributed by atoms with Crippen LogP contribution in [0.1, 0.15) is 11.1 Å². The lowest BCUT2D eigenvalue weighted by Crippen LogP contribution is -2.03. The van der Waals surface area contributed by atoms with E-state index in [0.29, 0.717) is 0 Å². The smallest absolute Gasteiger partial charge is 0.106 e. The molecule has 0 aliphatic heterocycles. The number of pyridine rings is 2. The number of rotatable bonds is 2. The van der Waals surface area contributed by atoms with E-state index in [2.05, 4.69) is 71.4 Å². The van der Waals surface area contributed by atoms with Crippen molar-refractivity contribution in [2.45, 2.75) is 0 Å². The molecule has 0 unspecified atom stereocenters. The summed E-state index contributed by atoms with van der Waals surface area (Å²) in [4.78, 5) is 9.27. The van der Waals surface area contributed by atoms with Gasteiger partial charge < -0.3 is 0 Å². The average Bonchev–Trinajstić information content (AvgIpc) is 2.78. The van der Waals surface area contributed by atoms with E-state index in [9.17, 15) is 0 Å². The number of aromatic nitrogens is 2. The van der Waals surface area contributed by atoms with Crippen LogP contribution in [0, 0.1) is 11.8 Å². The predicted octanol–water partition coefficient (Wildman–Crippen LogP) is 6.42. The molecule has 4 aromatic carbocycles.